The molecule has 31 heavy (non-hydrogen) atoms. The molecule has 1 saturated heterocycles. The molecular weight excluding hydrogens is 392 g/mol. The van der Waals surface area contributed by atoms with E-state index in [2.05, 4.69) is 24.8 Å². The van der Waals surface area contributed by atoms with Gasteiger partial charge in [-0.3, -0.25) is 4.79 Å². The molecule has 0 saturated carbocycles. The van der Waals surface area contributed by atoms with Crippen LogP contribution in [-0.2, 0) is 17.8 Å². The molecule has 2 aliphatic heterocycles. The standard InChI is InChI=1S/C23H28N6O2/c1-31-18-10-5-4-9-17(18)26-23(30)16-8-7-12-28(14-16)21-20-22(25-15-24-21)29-13-6-2-3-11-19(29)27-20/h4-5,9-10,15-16H,2-3,6-8,11-14H2,1H3,(H,26,30)/t16-/m1/s1. The van der Waals surface area contributed by atoms with E-state index in [1.807, 2.05) is 24.3 Å². The second-order valence-corrected chi connectivity index (χ2v) is 8.33. The molecule has 0 spiro atoms. The number of aromatic nitrogens is 4. The van der Waals surface area contributed by atoms with Crippen molar-refractivity contribution in [3.05, 3.63) is 36.4 Å². The van der Waals surface area contributed by atoms with Crippen molar-refractivity contribution in [3.63, 3.8) is 0 Å². The molecule has 1 fully saturated rings. The summed E-state index contributed by atoms with van der Waals surface area (Å²) in [6, 6.07) is 7.50. The average Bonchev–Trinajstić information content (AvgIpc) is 3.00. The summed E-state index contributed by atoms with van der Waals surface area (Å²) in [5, 5.41) is 3.04. The Morgan fingerprint density at radius 3 is 2.94 bits per heavy atom. The van der Waals surface area contributed by atoms with Gasteiger partial charge < -0.3 is 19.5 Å². The van der Waals surface area contributed by atoms with Crippen LogP contribution in [0.2, 0.25) is 0 Å². The minimum Gasteiger partial charge on any atom is -0.495 e. The van der Waals surface area contributed by atoms with Crippen LogP contribution in [0.1, 0.15) is 37.9 Å². The van der Waals surface area contributed by atoms with Crippen LogP contribution in [0.3, 0.4) is 0 Å². The number of piperidine rings is 1. The second-order valence-electron chi connectivity index (χ2n) is 8.33. The van der Waals surface area contributed by atoms with Gasteiger partial charge in [0.2, 0.25) is 5.91 Å². The number of hydrogen-bond donors (Lipinski definition) is 1. The van der Waals surface area contributed by atoms with Crippen molar-refractivity contribution in [2.45, 2.75) is 45.1 Å². The van der Waals surface area contributed by atoms with Crippen LogP contribution in [0.4, 0.5) is 11.5 Å². The minimum absolute atomic E-state index is 0.0140. The largest absolute Gasteiger partial charge is 0.495 e. The highest BCUT2D eigenvalue weighted by molar-refractivity contribution is 5.94. The number of carbonyl (C=O) groups excluding carboxylic acids is 1. The molecule has 2 aromatic heterocycles. The van der Waals surface area contributed by atoms with Gasteiger partial charge in [0.25, 0.3) is 0 Å². The first-order valence-corrected chi connectivity index (χ1v) is 11.1. The maximum atomic E-state index is 13.0. The normalized spacial score (nSPS) is 19.0. The number of fused-ring (bicyclic) bond motifs is 3. The fraction of sp³-hybridized carbons (Fsp3) is 0.478. The van der Waals surface area contributed by atoms with Crippen LogP contribution >= 0.6 is 0 Å². The van der Waals surface area contributed by atoms with Crippen LogP contribution in [0.25, 0.3) is 11.2 Å². The Labute approximate surface area is 181 Å². The highest BCUT2D eigenvalue weighted by Gasteiger charge is 2.29. The minimum atomic E-state index is -0.121. The summed E-state index contributed by atoms with van der Waals surface area (Å²) >= 11 is 0. The van der Waals surface area contributed by atoms with Gasteiger partial charge in [0.1, 0.15) is 17.9 Å². The summed E-state index contributed by atoms with van der Waals surface area (Å²) in [5.74, 6) is 2.52. The van der Waals surface area contributed by atoms with Crippen molar-refractivity contribution in [2.75, 3.05) is 30.4 Å². The summed E-state index contributed by atoms with van der Waals surface area (Å²) in [7, 11) is 1.61. The molecule has 1 amide bonds. The first-order chi connectivity index (χ1) is 15.2. The topological polar surface area (TPSA) is 85.2 Å². The molecule has 5 rings (SSSR count). The van der Waals surface area contributed by atoms with Crippen molar-refractivity contribution in [1.82, 2.24) is 19.5 Å². The summed E-state index contributed by atoms with van der Waals surface area (Å²) in [6.45, 7) is 2.45. The van der Waals surface area contributed by atoms with E-state index in [-0.39, 0.29) is 11.8 Å². The number of aryl methyl sites for hydroxylation is 2. The van der Waals surface area contributed by atoms with E-state index in [1.165, 1.54) is 12.8 Å². The molecule has 0 bridgehead atoms. The van der Waals surface area contributed by atoms with Gasteiger partial charge in [-0.15, -0.1) is 0 Å². The fourth-order valence-electron chi connectivity index (χ4n) is 4.72. The van der Waals surface area contributed by atoms with Gasteiger partial charge in [-0.1, -0.05) is 18.6 Å². The van der Waals surface area contributed by atoms with E-state index in [4.69, 9.17) is 9.72 Å². The van der Waals surface area contributed by atoms with E-state index in [0.29, 0.717) is 18.0 Å². The SMILES string of the molecule is COc1ccccc1NC(=O)[C@@H]1CCCN(c2ncnc3c2nc2n3CCCCC2)C1. The zero-order chi connectivity index (χ0) is 21.2. The number of rotatable bonds is 4. The molecule has 0 radical (unpaired) electrons. The van der Waals surface area contributed by atoms with Gasteiger partial charge >= 0.3 is 0 Å². The lowest BCUT2D eigenvalue weighted by molar-refractivity contribution is -0.120. The summed E-state index contributed by atoms with van der Waals surface area (Å²) in [6.07, 6.45) is 7.97. The molecule has 1 N–H and O–H groups in total. The number of carbonyl (C=O) groups is 1. The predicted molar refractivity (Wildman–Crippen MR) is 119 cm³/mol. The number of nitrogens with zero attached hydrogens (tertiary/aromatic N) is 5. The Kier molecular flexibility index (Phi) is 5.44. The number of para-hydroxylation sites is 2. The molecule has 162 valence electrons. The van der Waals surface area contributed by atoms with Crippen molar-refractivity contribution in [3.8, 4) is 5.75 Å². The zero-order valence-electron chi connectivity index (χ0n) is 17.9. The Morgan fingerprint density at radius 2 is 2.03 bits per heavy atom. The maximum absolute atomic E-state index is 13.0. The Morgan fingerprint density at radius 1 is 1.13 bits per heavy atom. The molecule has 4 heterocycles. The monoisotopic (exact) mass is 420 g/mol. The molecule has 3 aromatic rings. The lowest BCUT2D eigenvalue weighted by Crippen LogP contribution is -2.41. The lowest BCUT2D eigenvalue weighted by atomic mass is 9.97. The van der Waals surface area contributed by atoms with E-state index in [9.17, 15) is 4.79 Å². The second kappa shape index (κ2) is 8.53. The molecule has 0 unspecified atom stereocenters. The van der Waals surface area contributed by atoms with Gasteiger partial charge in [0.05, 0.1) is 18.7 Å². The van der Waals surface area contributed by atoms with E-state index in [1.54, 1.807) is 13.4 Å². The van der Waals surface area contributed by atoms with Gasteiger partial charge in [-0.05, 0) is 37.8 Å². The number of benzene rings is 1. The molecule has 0 aliphatic carbocycles. The fourth-order valence-corrected chi connectivity index (χ4v) is 4.72. The third-order valence-corrected chi connectivity index (χ3v) is 6.33. The predicted octanol–water partition coefficient (Wildman–Crippen LogP) is 3.42. The smallest absolute Gasteiger partial charge is 0.229 e. The summed E-state index contributed by atoms with van der Waals surface area (Å²) < 4.78 is 7.62. The number of hydrogen-bond acceptors (Lipinski definition) is 6. The van der Waals surface area contributed by atoms with Crippen molar-refractivity contribution in [1.29, 1.82) is 0 Å². The highest BCUT2D eigenvalue weighted by atomic mass is 16.5. The molecule has 1 aromatic carbocycles. The van der Waals surface area contributed by atoms with Gasteiger partial charge in [-0.2, -0.15) is 0 Å². The van der Waals surface area contributed by atoms with Crippen LogP contribution < -0.4 is 15.0 Å². The van der Waals surface area contributed by atoms with Crippen molar-refractivity contribution in [2.24, 2.45) is 5.92 Å². The van der Waals surface area contributed by atoms with E-state index >= 15 is 0 Å². The molecule has 2 aliphatic rings. The quantitative estimate of drug-likeness (QED) is 0.696. The van der Waals surface area contributed by atoms with Gasteiger partial charge in [0, 0.05) is 26.1 Å². The first kappa shape index (κ1) is 19.8. The Bertz CT molecular complexity index is 1090. The maximum Gasteiger partial charge on any atom is 0.229 e. The van der Waals surface area contributed by atoms with Gasteiger partial charge in [0.15, 0.2) is 17.0 Å². The van der Waals surface area contributed by atoms with E-state index in [0.717, 1.165) is 61.6 Å². The third kappa shape index (κ3) is 3.82. The van der Waals surface area contributed by atoms with Crippen LogP contribution in [-0.4, -0.2) is 45.6 Å². The summed E-state index contributed by atoms with van der Waals surface area (Å²) in [4.78, 5) is 29.3. The number of ether oxygens (including phenoxy) is 1. The van der Waals surface area contributed by atoms with Crippen LogP contribution in [0.5, 0.6) is 5.75 Å². The number of amides is 1. The number of anilines is 2. The number of imidazole rings is 1. The number of methoxy groups -OCH3 is 1. The van der Waals surface area contributed by atoms with Gasteiger partial charge in [-0.25, -0.2) is 15.0 Å². The average molecular weight is 421 g/mol. The van der Waals surface area contributed by atoms with E-state index < -0.39 is 0 Å². The van der Waals surface area contributed by atoms with Crippen molar-refractivity contribution >= 4 is 28.6 Å². The highest BCUT2D eigenvalue weighted by Crippen LogP contribution is 2.30. The van der Waals surface area contributed by atoms with Crippen LogP contribution in [0.15, 0.2) is 30.6 Å². The lowest BCUT2D eigenvalue weighted by Gasteiger charge is -2.32. The molecule has 8 nitrogen and oxygen atoms in total. The zero-order valence-corrected chi connectivity index (χ0v) is 17.9. The number of nitrogens with one attached hydrogen (secondary N) is 1. The summed E-state index contributed by atoms with van der Waals surface area (Å²) in [5.41, 5.74) is 2.49. The molecule has 1 atom stereocenters. The molecule has 8 heteroatoms. The van der Waals surface area contributed by atoms with Crippen LogP contribution in [0, 0.1) is 5.92 Å². The first-order valence-electron chi connectivity index (χ1n) is 11.1. The Hall–Kier alpha value is -3.16. The Balaban J connectivity index is 1.38. The molecular formula is C23H28N6O2. The van der Waals surface area contributed by atoms with Crippen molar-refractivity contribution < 1.29 is 9.53 Å². The third-order valence-electron chi connectivity index (χ3n) is 6.33.